The normalized spacial score (nSPS) is 11.4. The van der Waals surface area contributed by atoms with Crippen LogP contribution in [0.5, 0.6) is 0 Å². The standard InChI is InChI=1S/C21H16N4O/c1-13-2-3-15(14-4-5-18-16(10-14)6-8-22-18)11-17(13)19-12-20-23-9-7-21(26)25(20)24-19/h2-12,22-23H,1H3. The second kappa shape index (κ2) is 5.46. The number of hydrogen-bond donors (Lipinski definition) is 2. The van der Waals surface area contributed by atoms with Crippen molar-refractivity contribution in [3.05, 3.63) is 82.9 Å². The molecule has 126 valence electrons. The van der Waals surface area contributed by atoms with Gasteiger partial charge in [0.2, 0.25) is 0 Å². The molecular weight excluding hydrogens is 324 g/mol. The van der Waals surface area contributed by atoms with Gasteiger partial charge in [-0.1, -0.05) is 18.2 Å². The third-order valence-corrected chi connectivity index (χ3v) is 4.78. The van der Waals surface area contributed by atoms with Crippen molar-refractivity contribution in [2.24, 2.45) is 0 Å². The van der Waals surface area contributed by atoms with Gasteiger partial charge in [-0.05, 0) is 53.3 Å². The van der Waals surface area contributed by atoms with Gasteiger partial charge >= 0.3 is 0 Å². The molecule has 0 saturated heterocycles. The Morgan fingerprint density at radius 1 is 0.885 bits per heavy atom. The predicted molar refractivity (Wildman–Crippen MR) is 103 cm³/mol. The molecule has 0 radical (unpaired) electrons. The topological polar surface area (TPSA) is 66.0 Å². The molecule has 0 fully saturated rings. The summed E-state index contributed by atoms with van der Waals surface area (Å²) in [6.07, 6.45) is 3.58. The minimum Gasteiger partial charge on any atom is -0.361 e. The van der Waals surface area contributed by atoms with Crippen LogP contribution in [0.2, 0.25) is 0 Å². The summed E-state index contributed by atoms with van der Waals surface area (Å²) in [4.78, 5) is 18.3. The molecule has 0 saturated carbocycles. The maximum Gasteiger partial charge on any atom is 0.274 e. The highest BCUT2D eigenvalue weighted by atomic mass is 16.1. The predicted octanol–water partition coefficient (Wildman–Crippen LogP) is 4.15. The van der Waals surface area contributed by atoms with Crippen molar-refractivity contribution in [3.8, 4) is 22.4 Å². The Kier molecular flexibility index (Phi) is 3.09. The minimum atomic E-state index is -0.142. The van der Waals surface area contributed by atoms with Gasteiger partial charge in [0, 0.05) is 35.6 Å². The zero-order valence-corrected chi connectivity index (χ0v) is 14.2. The molecule has 5 heteroatoms. The van der Waals surface area contributed by atoms with E-state index in [1.165, 1.54) is 16.0 Å². The van der Waals surface area contributed by atoms with Crippen LogP contribution in [0.4, 0.5) is 0 Å². The van der Waals surface area contributed by atoms with E-state index in [1.807, 2.05) is 12.3 Å². The minimum absolute atomic E-state index is 0.142. The lowest BCUT2D eigenvalue weighted by molar-refractivity contribution is 0.902. The Hall–Kier alpha value is -3.60. The molecule has 0 spiro atoms. The van der Waals surface area contributed by atoms with Crippen LogP contribution in [-0.4, -0.2) is 19.6 Å². The Bertz CT molecular complexity index is 1320. The van der Waals surface area contributed by atoms with Gasteiger partial charge in [0.1, 0.15) is 5.65 Å². The lowest BCUT2D eigenvalue weighted by atomic mass is 9.97. The third-order valence-electron chi connectivity index (χ3n) is 4.78. The van der Waals surface area contributed by atoms with Gasteiger partial charge in [0.25, 0.3) is 5.56 Å². The summed E-state index contributed by atoms with van der Waals surface area (Å²) in [5, 5.41) is 5.67. The maximum atomic E-state index is 12.0. The fourth-order valence-corrected chi connectivity index (χ4v) is 3.36. The molecule has 0 aliphatic heterocycles. The van der Waals surface area contributed by atoms with Crippen LogP contribution in [0.15, 0.2) is 71.8 Å². The monoisotopic (exact) mass is 340 g/mol. The van der Waals surface area contributed by atoms with E-state index in [0.717, 1.165) is 33.5 Å². The van der Waals surface area contributed by atoms with Gasteiger partial charge in [-0.3, -0.25) is 4.79 Å². The van der Waals surface area contributed by atoms with E-state index in [0.29, 0.717) is 5.65 Å². The zero-order chi connectivity index (χ0) is 17.7. The first kappa shape index (κ1) is 14.7. The van der Waals surface area contributed by atoms with Gasteiger partial charge in [-0.15, -0.1) is 0 Å². The van der Waals surface area contributed by atoms with Crippen LogP contribution in [0.3, 0.4) is 0 Å². The molecule has 2 aromatic carbocycles. The average molecular weight is 340 g/mol. The van der Waals surface area contributed by atoms with E-state index in [2.05, 4.69) is 64.5 Å². The van der Waals surface area contributed by atoms with Crippen LogP contribution in [-0.2, 0) is 0 Å². The summed E-state index contributed by atoms with van der Waals surface area (Å²) in [5.41, 5.74) is 6.87. The van der Waals surface area contributed by atoms with Crippen LogP contribution in [0.1, 0.15) is 5.56 Å². The highest BCUT2D eigenvalue weighted by Gasteiger charge is 2.11. The summed E-state index contributed by atoms with van der Waals surface area (Å²) in [5.74, 6) is 0. The number of rotatable bonds is 2. The first-order valence-electron chi connectivity index (χ1n) is 8.45. The van der Waals surface area contributed by atoms with E-state index >= 15 is 0 Å². The molecule has 5 nitrogen and oxygen atoms in total. The van der Waals surface area contributed by atoms with Crippen LogP contribution >= 0.6 is 0 Å². The number of hydrogen-bond acceptors (Lipinski definition) is 2. The second-order valence-corrected chi connectivity index (χ2v) is 6.45. The number of aromatic amines is 2. The molecule has 0 aliphatic carbocycles. The molecule has 0 amide bonds. The van der Waals surface area contributed by atoms with Gasteiger partial charge in [0.05, 0.1) is 5.69 Å². The van der Waals surface area contributed by atoms with Gasteiger partial charge in [-0.25, -0.2) is 0 Å². The van der Waals surface area contributed by atoms with Gasteiger partial charge < -0.3 is 9.97 Å². The van der Waals surface area contributed by atoms with Crippen molar-refractivity contribution in [1.29, 1.82) is 0 Å². The van der Waals surface area contributed by atoms with E-state index in [1.54, 1.807) is 6.20 Å². The molecule has 0 aliphatic rings. The first-order chi connectivity index (χ1) is 12.7. The fraction of sp³-hybridized carbons (Fsp3) is 0.0476. The Balaban J connectivity index is 1.68. The number of aryl methyl sites for hydroxylation is 1. The van der Waals surface area contributed by atoms with E-state index < -0.39 is 0 Å². The molecule has 5 rings (SSSR count). The van der Waals surface area contributed by atoms with E-state index in [-0.39, 0.29) is 5.56 Å². The highest BCUT2D eigenvalue weighted by molar-refractivity contribution is 5.86. The lowest BCUT2D eigenvalue weighted by Crippen LogP contribution is -2.12. The Morgan fingerprint density at radius 2 is 1.69 bits per heavy atom. The van der Waals surface area contributed by atoms with Gasteiger partial charge in [-0.2, -0.15) is 9.61 Å². The maximum absolute atomic E-state index is 12.0. The molecule has 3 heterocycles. The Morgan fingerprint density at radius 3 is 2.58 bits per heavy atom. The molecule has 2 N–H and O–H groups in total. The smallest absolute Gasteiger partial charge is 0.274 e. The second-order valence-electron chi connectivity index (χ2n) is 6.45. The summed E-state index contributed by atoms with van der Waals surface area (Å²) >= 11 is 0. The summed E-state index contributed by atoms with van der Waals surface area (Å²) in [6.45, 7) is 2.06. The summed E-state index contributed by atoms with van der Waals surface area (Å²) < 4.78 is 1.40. The molecule has 0 bridgehead atoms. The number of H-pyrrole nitrogens is 2. The van der Waals surface area contributed by atoms with Crippen LogP contribution in [0, 0.1) is 6.92 Å². The molecule has 3 aromatic heterocycles. The number of fused-ring (bicyclic) bond motifs is 2. The number of aromatic nitrogens is 4. The van der Waals surface area contributed by atoms with Crippen molar-refractivity contribution in [2.45, 2.75) is 6.92 Å². The molecule has 26 heavy (non-hydrogen) atoms. The lowest BCUT2D eigenvalue weighted by Gasteiger charge is -2.08. The molecular formula is C21H16N4O. The SMILES string of the molecule is Cc1ccc(-c2ccc3[nH]ccc3c2)cc1-c1cc2[nH]ccc(=O)n2n1. The summed E-state index contributed by atoms with van der Waals surface area (Å²) in [6, 6.07) is 18.2. The fourth-order valence-electron chi connectivity index (χ4n) is 3.36. The molecule has 0 unspecified atom stereocenters. The average Bonchev–Trinajstić information content (AvgIpc) is 3.28. The third kappa shape index (κ3) is 2.25. The van der Waals surface area contributed by atoms with Crippen LogP contribution < -0.4 is 5.56 Å². The van der Waals surface area contributed by atoms with E-state index in [4.69, 9.17) is 0 Å². The van der Waals surface area contributed by atoms with Crippen molar-refractivity contribution >= 4 is 16.6 Å². The highest BCUT2D eigenvalue weighted by Crippen LogP contribution is 2.30. The van der Waals surface area contributed by atoms with Crippen molar-refractivity contribution in [3.63, 3.8) is 0 Å². The Labute approximate surface area is 148 Å². The van der Waals surface area contributed by atoms with Gasteiger partial charge in [0.15, 0.2) is 0 Å². The first-order valence-corrected chi connectivity index (χ1v) is 8.45. The zero-order valence-electron chi connectivity index (χ0n) is 14.2. The van der Waals surface area contributed by atoms with Crippen molar-refractivity contribution in [2.75, 3.05) is 0 Å². The quantitative estimate of drug-likeness (QED) is 0.507. The number of benzene rings is 2. The number of nitrogens with one attached hydrogen (secondary N) is 2. The van der Waals surface area contributed by atoms with Crippen LogP contribution in [0.25, 0.3) is 38.9 Å². The van der Waals surface area contributed by atoms with Crippen molar-refractivity contribution < 1.29 is 0 Å². The van der Waals surface area contributed by atoms with Crippen molar-refractivity contribution in [1.82, 2.24) is 19.6 Å². The number of nitrogens with zero attached hydrogens (tertiary/aromatic N) is 2. The largest absolute Gasteiger partial charge is 0.361 e. The van der Waals surface area contributed by atoms with E-state index in [9.17, 15) is 4.79 Å². The molecule has 5 aromatic rings. The summed E-state index contributed by atoms with van der Waals surface area (Å²) in [7, 11) is 0. The molecule has 0 atom stereocenters.